The predicted octanol–water partition coefficient (Wildman–Crippen LogP) is 2.20. The third kappa shape index (κ3) is 2.63. The molecule has 1 aliphatic heterocycles. The second kappa shape index (κ2) is 5.63. The molecule has 1 saturated heterocycles. The normalized spacial score (nSPS) is 14.9. The van der Waals surface area contributed by atoms with Crippen molar-refractivity contribution in [1.82, 2.24) is 20.3 Å². The molecule has 1 amide bonds. The lowest BCUT2D eigenvalue weighted by atomic mass is 10.2. The summed E-state index contributed by atoms with van der Waals surface area (Å²) in [5.74, 6) is -0.281. The van der Waals surface area contributed by atoms with Crippen LogP contribution in [0.1, 0.15) is 16.5 Å². The molecule has 0 spiro atoms. The van der Waals surface area contributed by atoms with E-state index < -0.39 is 0 Å². The number of carbonyl (C=O) groups excluding carboxylic acids is 1. The molecule has 2 aromatic rings. The Morgan fingerprint density at radius 2 is 2.05 bits per heavy atom. The van der Waals surface area contributed by atoms with Gasteiger partial charge in [0.25, 0.3) is 5.91 Å². The minimum Gasteiger partial charge on any atom is -0.319 e. The van der Waals surface area contributed by atoms with Gasteiger partial charge in [-0.2, -0.15) is 0 Å². The SMILES string of the molecule is O=C(Nc1c(Br)cccc1Br)c1cn(C2CNC2)nn1. The van der Waals surface area contributed by atoms with Gasteiger partial charge in [-0.15, -0.1) is 5.10 Å². The fraction of sp³-hybridized carbons (Fsp3) is 0.250. The van der Waals surface area contributed by atoms with E-state index in [0.717, 1.165) is 22.0 Å². The van der Waals surface area contributed by atoms with Crippen LogP contribution in [-0.4, -0.2) is 34.0 Å². The average molecular weight is 401 g/mol. The first-order chi connectivity index (χ1) is 9.65. The van der Waals surface area contributed by atoms with Gasteiger partial charge in [0.1, 0.15) is 0 Å². The lowest BCUT2D eigenvalue weighted by Crippen LogP contribution is -2.43. The Balaban J connectivity index is 1.77. The van der Waals surface area contributed by atoms with Gasteiger partial charge in [0.15, 0.2) is 5.69 Å². The molecule has 1 fully saturated rings. The second-order valence-corrected chi connectivity index (χ2v) is 6.16. The van der Waals surface area contributed by atoms with E-state index in [0.29, 0.717) is 17.4 Å². The van der Waals surface area contributed by atoms with E-state index in [1.165, 1.54) is 0 Å². The van der Waals surface area contributed by atoms with Crippen molar-refractivity contribution < 1.29 is 4.79 Å². The molecule has 0 aliphatic carbocycles. The maximum atomic E-state index is 12.2. The van der Waals surface area contributed by atoms with E-state index in [4.69, 9.17) is 0 Å². The van der Waals surface area contributed by atoms with Crippen LogP contribution < -0.4 is 10.6 Å². The number of nitrogens with zero attached hydrogens (tertiary/aromatic N) is 3. The number of rotatable bonds is 3. The van der Waals surface area contributed by atoms with Crippen molar-refractivity contribution in [3.8, 4) is 0 Å². The largest absolute Gasteiger partial charge is 0.319 e. The molecule has 1 aromatic carbocycles. The molecule has 1 aromatic heterocycles. The van der Waals surface area contributed by atoms with Gasteiger partial charge in [-0.1, -0.05) is 11.3 Å². The van der Waals surface area contributed by atoms with E-state index in [2.05, 4.69) is 52.8 Å². The van der Waals surface area contributed by atoms with Crippen LogP contribution in [0.4, 0.5) is 5.69 Å². The molecule has 0 saturated carbocycles. The number of carbonyl (C=O) groups is 1. The Kier molecular flexibility index (Phi) is 3.86. The Bertz CT molecular complexity index is 633. The third-order valence-corrected chi connectivity index (χ3v) is 4.40. The number of para-hydroxylation sites is 1. The molecule has 3 rings (SSSR count). The Morgan fingerprint density at radius 3 is 2.65 bits per heavy atom. The summed E-state index contributed by atoms with van der Waals surface area (Å²) < 4.78 is 3.33. The number of benzene rings is 1. The summed E-state index contributed by atoms with van der Waals surface area (Å²) in [5, 5.41) is 13.9. The van der Waals surface area contributed by atoms with Crippen molar-refractivity contribution in [2.24, 2.45) is 0 Å². The summed E-state index contributed by atoms with van der Waals surface area (Å²) in [7, 11) is 0. The Hall–Kier alpha value is -1.25. The lowest BCUT2D eigenvalue weighted by Gasteiger charge is -2.26. The van der Waals surface area contributed by atoms with Crippen molar-refractivity contribution in [3.63, 3.8) is 0 Å². The van der Waals surface area contributed by atoms with E-state index in [9.17, 15) is 4.79 Å². The zero-order chi connectivity index (χ0) is 14.1. The minimum absolute atomic E-state index is 0.281. The number of aromatic nitrogens is 3. The van der Waals surface area contributed by atoms with Crippen molar-refractivity contribution >= 4 is 43.5 Å². The van der Waals surface area contributed by atoms with Crippen LogP contribution in [0.25, 0.3) is 0 Å². The standard InChI is InChI=1S/C12H11Br2N5O/c13-8-2-1-3-9(14)11(8)16-12(20)10-6-19(18-17-10)7-4-15-5-7/h1-3,6-7,15H,4-5H2,(H,16,20). The zero-order valence-electron chi connectivity index (χ0n) is 10.3. The highest BCUT2D eigenvalue weighted by Crippen LogP contribution is 2.30. The smallest absolute Gasteiger partial charge is 0.277 e. The van der Waals surface area contributed by atoms with Crippen molar-refractivity contribution in [3.05, 3.63) is 39.0 Å². The first kappa shape index (κ1) is 13.7. The predicted molar refractivity (Wildman–Crippen MR) is 81.7 cm³/mol. The zero-order valence-corrected chi connectivity index (χ0v) is 13.5. The molecule has 2 N–H and O–H groups in total. The molecule has 0 bridgehead atoms. The van der Waals surface area contributed by atoms with Crippen molar-refractivity contribution in [2.45, 2.75) is 6.04 Å². The fourth-order valence-electron chi connectivity index (χ4n) is 1.81. The lowest BCUT2D eigenvalue weighted by molar-refractivity contribution is 0.102. The van der Waals surface area contributed by atoms with Gasteiger partial charge in [0.05, 0.1) is 17.9 Å². The number of anilines is 1. The molecular weight excluding hydrogens is 390 g/mol. The molecule has 104 valence electrons. The molecule has 2 heterocycles. The van der Waals surface area contributed by atoms with E-state index in [-0.39, 0.29) is 5.91 Å². The maximum absolute atomic E-state index is 12.2. The quantitative estimate of drug-likeness (QED) is 0.828. The van der Waals surface area contributed by atoms with Gasteiger partial charge in [0, 0.05) is 22.0 Å². The second-order valence-electron chi connectivity index (χ2n) is 4.45. The summed E-state index contributed by atoms with van der Waals surface area (Å²) in [6.45, 7) is 1.72. The van der Waals surface area contributed by atoms with Gasteiger partial charge >= 0.3 is 0 Å². The summed E-state index contributed by atoms with van der Waals surface area (Å²) in [5.41, 5.74) is 0.983. The average Bonchev–Trinajstić information content (AvgIpc) is 2.81. The topological polar surface area (TPSA) is 71.8 Å². The highest BCUT2D eigenvalue weighted by Gasteiger charge is 2.22. The molecule has 8 heteroatoms. The van der Waals surface area contributed by atoms with Crippen LogP contribution in [0, 0.1) is 0 Å². The highest BCUT2D eigenvalue weighted by molar-refractivity contribution is 9.11. The van der Waals surface area contributed by atoms with Crippen molar-refractivity contribution in [2.75, 3.05) is 18.4 Å². The van der Waals surface area contributed by atoms with Crippen LogP contribution in [-0.2, 0) is 0 Å². The third-order valence-electron chi connectivity index (χ3n) is 3.08. The molecule has 0 atom stereocenters. The number of hydrogen-bond acceptors (Lipinski definition) is 4. The minimum atomic E-state index is -0.281. The molecule has 0 unspecified atom stereocenters. The summed E-state index contributed by atoms with van der Waals surface area (Å²) in [6, 6.07) is 5.89. The van der Waals surface area contributed by atoms with Crippen molar-refractivity contribution in [1.29, 1.82) is 0 Å². The maximum Gasteiger partial charge on any atom is 0.277 e. The number of halogens is 2. The van der Waals surface area contributed by atoms with Crippen LogP contribution >= 0.6 is 31.9 Å². The van der Waals surface area contributed by atoms with E-state index >= 15 is 0 Å². The summed E-state index contributed by atoms with van der Waals surface area (Å²) >= 11 is 6.81. The molecule has 0 radical (unpaired) electrons. The number of amides is 1. The molecule has 1 aliphatic rings. The van der Waals surface area contributed by atoms with E-state index in [1.807, 2.05) is 18.2 Å². The first-order valence-corrected chi connectivity index (χ1v) is 7.61. The van der Waals surface area contributed by atoms with E-state index in [1.54, 1.807) is 10.9 Å². The van der Waals surface area contributed by atoms with Gasteiger partial charge in [0.2, 0.25) is 0 Å². The first-order valence-electron chi connectivity index (χ1n) is 6.03. The van der Waals surface area contributed by atoms with Gasteiger partial charge in [-0.3, -0.25) is 4.79 Å². The number of nitrogens with one attached hydrogen (secondary N) is 2. The van der Waals surface area contributed by atoms with Crippen LogP contribution in [0.5, 0.6) is 0 Å². The highest BCUT2D eigenvalue weighted by atomic mass is 79.9. The van der Waals surface area contributed by atoms with Crippen LogP contribution in [0.15, 0.2) is 33.3 Å². The molecule has 6 nitrogen and oxygen atoms in total. The van der Waals surface area contributed by atoms with Crippen LogP contribution in [0.3, 0.4) is 0 Å². The molecule has 20 heavy (non-hydrogen) atoms. The van der Waals surface area contributed by atoms with Gasteiger partial charge in [-0.25, -0.2) is 4.68 Å². The summed E-state index contributed by atoms with van der Waals surface area (Å²) in [6.07, 6.45) is 1.67. The number of hydrogen-bond donors (Lipinski definition) is 2. The fourth-order valence-corrected chi connectivity index (χ4v) is 3.01. The van der Waals surface area contributed by atoms with Crippen LogP contribution in [0.2, 0.25) is 0 Å². The van der Waals surface area contributed by atoms with Gasteiger partial charge in [-0.05, 0) is 44.0 Å². The Labute approximate surface area is 132 Å². The monoisotopic (exact) mass is 399 g/mol. The molecular formula is C12H11Br2N5O. The summed E-state index contributed by atoms with van der Waals surface area (Å²) in [4.78, 5) is 12.2. The Morgan fingerprint density at radius 1 is 1.35 bits per heavy atom. The van der Waals surface area contributed by atoms with Gasteiger partial charge < -0.3 is 10.6 Å².